The van der Waals surface area contributed by atoms with Gasteiger partial charge in [-0.3, -0.25) is 9.59 Å². The summed E-state index contributed by atoms with van der Waals surface area (Å²) in [5.41, 5.74) is 1.19. The fourth-order valence-electron chi connectivity index (χ4n) is 1.79. The van der Waals surface area contributed by atoms with E-state index in [4.69, 9.17) is 11.6 Å². The van der Waals surface area contributed by atoms with Gasteiger partial charge in [-0.2, -0.15) is 0 Å². The number of benzene rings is 1. The van der Waals surface area contributed by atoms with Crippen LogP contribution in [0.15, 0.2) is 30.3 Å². The van der Waals surface area contributed by atoms with Gasteiger partial charge in [0.1, 0.15) is 5.82 Å². The van der Waals surface area contributed by atoms with Crippen LogP contribution in [0.2, 0.25) is 4.34 Å². The second-order valence-electron chi connectivity index (χ2n) is 4.53. The van der Waals surface area contributed by atoms with Crippen LogP contribution in [0, 0.1) is 12.7 Å². The molecule has 1 aromatic carbocycles. The Morgan fingerprint density at radius 1 is 1.24 bits per heavy atom. The summed E-state index contributed by atoms with van der Waals surface area (Å²) >= 11 is 6.96. The van der Waals surface area contributed by atoms with Crippen LogP contribution in [0.3, 0.4) is 0 Å². The normalized spacial score (nSPS) is 10.4. The van der Waals surface area contributed by atoms with E-state index in [9.17, 15) is 14.0 Å². The molecule has 3 nitrogen and oxygen atoms in total. The summed E-state index contributed by atoms with van der Waals surface area (Å²) in [7, 11) is 0. The summed E-state index contributed by atoms with van der Waals surface area (Å²) in [5, 5.41) is 2.67. The minimum absolute atomic E-state index is 0.0746. The van der Waals surface area contributed by atoms with Crippen molar-refractivity contribution in [3.8, 4) is 0 Å². The smallest absolute Gasteiger partial charge is 0.224 e. The molecule has 0 fully saturated rings. The molecular formula is C15H13ClFNO2S. The van der Waals surface area contributed by atoms with Crippen LogP contribution in [-0.4, -0.2) is 11.7 Å². The Morgan fingerprint density at radius 2 is 2.00 bits per heavy atom. The van der Waals surface area contributed by atoms with Crippen LogP contribution in [0.25, 0.3) is 0 Å². The number of nitrogens with one attached hydrogen (secondary N) is 1. The van der Waals surface area contributed by atoms with E-state index < -0.39 is 0 Å². The lowest BCUT2D eigenvalue weighted by Gasteiger charge is -2.07. The number of carbonyl (C=O) groups excluding carboxylic acids is 2. The van der Waals surface area contributed by atoms with E-state index in [1.165, 1.54) is 29.5 Å². The van der Waals surface area contributed by atoms with Gasteiger partial charge >= 0.3 is 0 Å². The third kappa shape index (κ3) is 4.37. The van der Waals surface area contributed by atoms with Crippen LogP contribution in [0.5, 0.6) is 0 Å². The van der Waals surface area contributed by atoms with Crippen molar-refractivity contribution in [3.63, 3.8) is 0 Å². The van der Waals surface area contributed by atoms with E-state index in [1.807, 2.05) is 0 Å². The summed E-state index contributed by atoms with van der Waals surface area (Å²) < 4.78 is 13.5. The summed E-state index contributed by atoms with van der Waals surface area (Å²) in [6, 6.07) is 7.43. The summed E-state index contributed by atoms with van der Waals surface area (Å²) in [6.07, 6.45) is 0.189. The molecule has 0 saturated carbocycles. The zero-order chi connectivity index (χ0) is 15.4. The molecule has 2 rings (SSSR count). The van der Waals surface area contributed by atoms with Gasteiger partial charge in [0.05, 0.1) is 9.21 Å². The van der Waals surface area contributed by atoms with Gasteiger partial charge in [0.25, 0.3) is 0 Å². The number of thiophene rings is 1. The van der Waals surface area contributed by atoms with Gasteiger partial charge in [0.15, 0.2) is 5.78 Å². The predicted molar refractivity (Wildman–Crippen MR) is 82.7 cm³/mol. The van der Waals surface area contributed by atoms with E-state index in [2.05, 4.69) is 5.32 Å². The number of anilines is 1. The molecule has 1 aromatic heterocycles. The van der Waals surface area contributed by atoms with Gasteiger partial charge in [-0.15, -0.1) is 11.3 Å². The van der Waals surface area contributed by atoms with Crippen LogP contribution in [0.4, 0.5) is 10.1 Å². The highest BCUT2D eigenvalue weighted by Crippen LogP contribution is 2.23. The van der Waals surface area contributed by atoms with Crippen molar-refractivity contribution in [1.29, 1.82) is 0 Å². The van der Waals surface area contributed by atoms with Crippen molar-refractivity contribution < 1.29 is 14.0 Å². The molecule has 2 aromatic rings. The lowest BCUT2D eigenvalue weighted by molar-refractivity contribution is -0.116. The third-order valence-corrected chi connectivity index (χ3v) is 4.16. The first kappa shape index (κ1) is 15.7. The Balaban J connectivity index is 1.89. The van der Waals surface area contributed by atoms with E-state index >= 15 is 0 Å². The first-order valence-corrected chi connectivity index (χ1v) is 7.49. The number of rotatable bonds is 5. The number of hydrogen-bond donors (Lipinski definition) is 1. The monoisotopic (exact) mass is 325 g/mol. The Kier molecular flexibility index (Phi) is 5.09. The van der Waals surface area contributed by atoms with Gasteiger partial charge in [-0.05, 0) is 42.8 Å². The highest BCUT2D eigenvalue weighted by molar-refractivity contribution is 7.18. The van der Waals surface area contributed by atoms with E-state index in [0.29, 0.717) is 20.5 Å². The van der Waals surface area contributed by atoms with Crippen LogP contribution in [-0.2, 0) is 4.79 Å². The second-order valence-corrected chi connectivity index (χ2v) is 6.25. The quantitative estimate of drug-likeness (QED) is 0.825. The van der Waals surface area contributed by atoms with Gasteiger partial charge in [0.2, 0.25) is 5.91 Å². The van der Waals surface area contributed by atoms with Crippen LogP contribution in [0.1, 0.15) is 28.1 Å². The average molecular weight is 326 g/mol. The molecule has 110 valence electrons. The molecule has 0 bridgehead atoms. The molecule has 0 atom stereocenters. The summed E-state index contributed by atoms with van der Waals surface area (Å²) in [4.78, 5) is 24.2. The van der Waals surface area contributed by atoms with Gasteiger partial charge in [0, 0.05) is 18.5 Å². The van der Waals surface area contributed by atoms with Gasteiger partial charge in [-0.25, -0.2) is 4.39 Å². The van der Waals surface area contributed by atoms with E-state index in [-0.39, 0.29) is 30.3 Å². The summed E-state index contributed by atoms with van der Waals surface area (Å²) in [6.45, 7) is 1.71. The average Bonchev–Trinajstić information content (AvgIpc) is 2.86. The van der Waals surface area contributed by atoms with Crippen LogP contribution < -0.4 is 5.32 Å². The maximum atomic E-state index is 13.0. The largest absolute Gasteiger partial charge is 0.326 e. The number of Topliss-reactive ketones (excluding diaryl/α,β-unsaturated/α-hetero) is 1. The molecule has 21 heavy (non-hydrogen) atoms. The SMILES string of the molecule is Cc1cc(F)ccc1NC(=O)CCC(=O)c1ccc(Cl)s1. The second kappa shape index (κ2) is 6.83. The number of ketones is 1. The Labute approximate surface area is 130 Å². The van der Waals surface area contributed by atoms with E-state index in [1.54, 1.807) is 19.1 Å². The van der Waals surface area contributed by atoms with Crippen molar-refractivity contribution in [1.82, 2.24) is 0 Å². The standard InChI is InChI=1S/C15H13ClFNO2S/c1-9-8-10(17)2-3-11(9)18-15(20)7-4-12(19)13-5-6-14(16)21-13/h2-3,5-6,8H,4,7H2,1H3,(H,18,20). The zero-order valence-electron chi connectivity index (χ0n) is 11.3. The fraction of sp³-hybridized carbons (Fsp3) is 0.200. The van der Waals surface area contributed by atoms with Crippen LogP contribution >= 0.6 is 22.9 Å². The number of carbonyl (C=O) groups is 2. The number of hydrogen-bond acceptors (Lipinski definition) is 3. The number of amides is 1. The molecule has 0 radical (unpaired) electrons. The molecule has 0 aliphatic carbocycles. The lowest BCUT2D eigenvalue weighted by atomic mass is 10.1. The molecule has 0 aliphatic heterocycles. The molecule has 0 spiro atoms. The minimum atomic E-state index is -0.352. The van der Waals surface area contributed by atoms with Crippen molar-refractivity contribution in [3.05, 3.63) is 50.9 Å². The molecule has 1 N–H and O–H groups in total. The van der Waals surface area contributed by atoms with Gasteiger partial charge in [-0.1, -0.05) is 11.6 Å². The molecule has 0 saturated heterocycles. The van der Waals surface area contributed by atoms with Crippen molar-refractivity contribution in [2.24, 2.45) is 0 Å². The lowest BCUT2D eigenvalue weighted by Crippen LogP contribution is -2.14. The topological polar surface area (TPSA) is 46.2 Å². The first-order chi connectivity index (χ1) is 9.95. The number of halogens is 2. The predicted octanol–water partition coefficient (Wildman–Crippen LogP) is 4.45. The molecule has 1 heterocycles. The Morgan fingerprint density at radius 3 is 2.62 bits per heavy atom. The molecule has 1 amide bonds. The van der Waals surface area contributed by atoms with Crippen molar-refractivity contribution in [2.75, 3.05) is 5.32 Å². The maximum Gasteiger partial charge on any atom is 0.224 e. The fourth-order valence-corrected chi connectivity index (χ4v) is 2.80. The first-order valence-electron chi connectivity index (χ1n) is 6.30. The van der Waals surface area contributed by atoms with Gasteiger partial charge < -0.3 is 5.32 Å². The highest BCUT2D eigenvalue weighted by Gasteiger charge is 2.12. The Bertz CT molecular complexity index is 684. The molecule has 0 unspecified atom stereocenters. The van der Waals surface area contributed by atoms with E-state index in [0.717, 1.165) is 0 Å². The molecule has 6 heteroatoms. The third-order valence-electron chi connectivity index (χ3n) is 2.89. The zero-order valence-corrected chi connectivity index (χ0v) is 12.9. The minimum Gasteiger partial charge on any atom is -0.326 e. The molecular weight excluding hydrogens is 313 g/mol. The number of aryl methyl sites for hydroxylation is 1. The van der Waals surface area contributed by atoms with Crippen molar-refractivity contribution in [2.45, 2.75) is 19.8 Å². The maximum absolute atomic E-state index is 13.0. The molecule has 0 aliphatic rings. The Hall–Kier alpha value is -1.72. The van der Waals surface area contributed by atoms with Crippen molar-refractivity contribution >= 4 is 40.3 Å². The highest BCUT2D eigenvalue weighted by atomic mass is 35.5. The summed E-state index contributed by atoms with van der Waals surface area (Å²) in [5.74, 6) is -0.742.